The SMILES string of the molecule is COC(=O)[C@@H](C)Oc1ccc(-n2c(C)cc(C=Nn3c(-c4cc5cc(Br)ccc5o4)nc4ccccc4c3=O)c2C)cc1. The first-order chi connectivity index (χ1) is 20.7. The summed E-state index contributed by atoms with van der Waals surface area (Å²) >= 11 is 3.50. The summed E-state index contributed by atoms with van der Waals surface area (Å²) in [5.41, 5.74) is 4.57. The number of para-hydroxylation sites is 1. The minimum atomic E-state index is -0.715. The number of furan rings is 1. The quantitative estimate of drug-likeness (QED) is 0.141. The molecule has 6 aromatic rings. The standard InChI is InChI=1S/C33H27BrN4O5/c1-19-15-23(20(2)37(19)25-10-12-26(13-11-25)42-21(3)33(40)41-4)18-35-38-31(36-28-8-6-5-7-27(28)32(38)39)30-17-22-16-24(34)9-14-29(22)43-30/h5-18,21H,1-4H3/t21-/m1/s1. The van der Waals surface area contributed by atoms with E-state index in [-0.39, 0.29) is 5.56 Å². The lowest BCUT2D eigenvalue weighted by Crippen LogP contribution is -2.24. The molecule has 0 N–H and O–H groups in total. The maximum atomic E-state index is 13.7. The minimum Gasteiger partial charge on any atom is -0.479 e. The fourth-order valence-electron chi connectivity index (χ4n) is 5.04. The number of hydrogen-bond acceptors (Lipinski definition) is 7. The van der Waals surface area contributed by atoms with Gasteiger partial charge in [-0.1, -0.05) is 28.1 Å². The van der Waals surface area contributed by atoms with Crippen molar-refractivity contribution in [2.45, 2.75) is 26.9 Å². The van der Waals surface area contributed by atoms with Gasteiger partial charge in [-0.05, 0) is 87.5 Å². The van der Waals surface area contributed by atoms with Gasteiger partial charge in [0.1, 0.15) is 11.3 Å². The topological polar surface area (TPSA) is 101 Å². The zero-order chi connectivity index (χ0) is 30.2. The Labute approximate surface area is 255 Å². The molecule has 0 saturated heterocycles. The normalized spacial score (nSPS) is 12.3. The smallest absolute Gasteiger partial charge is 0.346 e. The summed E-state index contributed by atoms with van der Waals surface area (Å²) < 4.78 is 20.8. The fourth-order valence-corrected chi connectivity index (χ4v) is 5.42. The number of fused-ring (bicyclic) bond motifs is 2. The van der Waals surface area contributed by atoms with Gasteiger partial charge in [0.2, 0.25) is 5.82 Å². The van der Waals surface area contributed by atoms with Crippen LogP contribution in [0, 0.1) is 13.8 Å². The highest BCUT2D eigenvalue weighted by Gasteiger charge is 2.18. The first-order valence-electron chi connectivity index (χ1n) is 13.5. The van der Waals surface area contributed by atoms with Crippen LogP contribution in [0.3, 0.4) is 0 Å². The zero-order valence-corrected chi connectivity index (χ0v) is 25.5. The monoisotopic (exact) mass is 638 g/mol. The molecular formula is C33H27BrN4O5. The van der Waals surface area contributed by atoms with Crippen molar-refractivity contribution < 1.29 is 18.7 Å². The molecule has 0 aliphatic heterocycles. The lowest BCUT2D eigenvalue weighted by molar-refractivity contribution is -0.147. The van der Waals surface area contributed by atoms with Gasteiger partial charge in [-0.3, -0.25) is 4.79 Å². The summed E-state index contributed by atoms with van der Waals surface area (Å²) in [7, 11) is 1.33. The van der Waals surface area contributed by atoms with Crippen LogP contribution in [0.2, 0.25) is 0 Å². The molecule has 0 aliphatic rings. The lowest BCUT2D eigenvalue weighted by atomic mass is 10.2. The van der Waals surface area contributed by atoms with E-state index in [1.165, 1.54) is 11.8 Å². The molecule has 0 spiro atoms. The third kappa shape index (κ3) is 5.37. The van der Waals surface area contributed by atoms with Gasteiger partial charge in [0.15, 0.2) is 11.9 Å². The molecule has 43 heavy (non-hydrogen) atoms. The van der Waals surface area contributed by atoms with E-state index < -0.39 is 12.1 Å². The Bertz CT molecular complexity index is 2090. The number of hydrogen-bond donors (Lipinski definition) is 0. The Morgan fingerprint density at radius 3 is 2.58 bits per heavy atom. The highest BCUT2D eigenvalue weighted by molar-refractivity contribution is 9.10. The maximum absolute atomic E-state index is 13.7. The molecule has 0 unspecified atom stereocenters. The molecule has 0 saturated carbocycles. The fraction of sp³-hybridized carbons (Fsp3) is 0.152. The lowest BCUT2D eigenvalue weighted by Gasteiger charge is -2.14. The van der Waals surface area contributed by atoms with Gasteiger partial charge in [-0.15, -0.1) is 0 Å². The molecule has 0 amide bonds. The highest BCUT2D eigenvalue weighted by atomic mass is 79.9. The average molecular weight is 640 g/mol. The van der Waals surface area contributed by atoms with Gasteiger partial charge < -0.3 is 18.5 Å². The van der Waals surface area contributed by atoms with Crippen LogP contribution < -0.4 is 10.3 Å². The number of benzene rings is 3. The molecule has 216 valence electrons. The summed E-state index contributed by atoms with van der Waals surface area (Å²) in [5.74, 6) is 0.849. The molecule has 6 rings (SSSR count). The van der Waals surface area contributed by atoms with Crippen molar-refractivity contribution in [3.05, 3.63) is 111 Å². The van der Waals surface area contributed by atoms with E-state index in [4.69, 9.17) is 18.9 Å². The van der Waals surface area contributed by atoms with Gasteiger partial charge in [-0.2, -0.15) is 9.78 Å². The van der Waals surface area contributed by atoms with Crippen LogP contribution >= 0.6 is 15.9 Å². The van der Waals surface area contributed by atoms with E-state index >= 15 is 0 Å². The highest BCUT2D eigenvalue weighted by Crippen LogP contribution is 2.29. The molecule has 3 aromatic carbocycles. The zero-order valence-electron chi connectivity index (χ0n) is 23.9. The van der Waals surface area contributed by atoms with E-state index in [2.05, 4.69) is 25.6 Å². The number of ether oxygens (including phenoxy) is 2. The summed E-state index contributed by atoms with van der Waals surface area (Å²) in [6.45, 7) is 5.62. The summed E-state index contributed by atoms with van der Waals surface area (Å²) in [6.07, 6.45) is 0.947. The number of methoxy groups -OCH3 is 1. The number of carbonyl (C=O) groups is 1. The van der Waals surface area contributed by atoms with Crippen molar-refractivity contribution in [2.75, 3.05) is 7.11 Å². The number of aryl methyl sites for hydroxylation is 1. The molecule has 3 aromatic heterocycles. The molecule has 0 radical (unpaired) electrons. The van der Waals surface area contributed by atoms with Crippen LogP contribution in [0.1, 0.15) is 23.9 Å². The molecule has 3 heterocycles. The van der Waals surface area contributed by atoms with Crippen molar-refractivity contribution in [3.63, 3.8) is 0 Å². The summed E-state index contributed by atoms with van der Waals surface area (Å²) in [5, 5.41) is 5.97. The summed E-state index contributed by atoms with van der Waals surface area (Å²) in [4.78, 5) is 30.2. The van der Waals surface area contributed by atoms with Crippen molar-refractivity contribution in [1.29, 1.82) is 0 Å². The first-order valence-corrected chi connectivity index (χ1v) is 14.3. The van der Waals surface area contributed by atoms with Crippen molar-refractivity contribution >= 4 is 50.0 Å². The largest absolute Gasteiger partial charge is 0.479 e. The second-order valence-corrected chi connectivity index (χ2v) is 11.0. The predicted octanol–water partition coefficient (Wildman–Crippen LogP) is 6.80. The second kappa shape index (κ2) is 11.4. The Kier molecular flexibility index (Phi) is 7.45. The maximum Gasteiger partial charge on any atom is 0.346 e. The van der Waals surface area contributed by atoms with Gasteiger partial charge >= 0.3 is 5.97 Å². The van der Waals surface area contributed by atoms with Crippen LogP contribution in [0.25, 0.3) is 39.1 Å². The summed E-state index contributed by atoms with van der Waals surface area (Å²) in [6, 6.07) is 24.2. The molecule has 10 heteroatoms. The first kappa shape index (κ1) is 28.2. The Morgan fingerprint density at radius 1 is 1.05 bits per heavy atom. The van der Waals surface area contributed by atoms with Crippen LogP contribution in [-0.4, -0.2) is 39.6 Å². The molecule has 9 nitrogen and oxygen atoms in total. The van der Waals surface area contributed by atoms with Crippen LogP contribution in [-0.2, 0) is 9.53 Å². The minimum absolute atomic E-state index is 0.302. The Balaban J connectivity index is 1.38. The van der Waals surface area contributed by atoms with E-state index in [1.54, 1.807) is 43.5 Å². The number of nitrogens with zero attached hydrogens (tertiary/aromatic N) is 4. The van der Waals surface area contributed by atoms with Gasteiger partial charge in [0, 0.05) is 32.5 Å². The van der Waals surface area contributed by atoms with Crippen LogP contribution in [0.5, 0.6) is 5.75 Å². The third-order valence-corrected chi connectivity index (χ3v) is 7.67. The van der Waals surface area contributed by atoms with E-state index in [1.807, 2.05) is 62.4 Å². The van der Waals surface area contributed by atoms with Crippen molar-refractivity contribution in [2.24, 2.45) is 5.10 Å². The number of rotatable bonds is 7. The average Bonchev–Trinajstić information content (AvgIpc) is 3.55. The van der Waals surface area contributed by atoms with Gasteiger partial charge in [0.25, 0.3) is 5.56 Å². The van der Waals surface area contributed by atoms with E-state index in [0.717, 1.165) is 32.5 Å². The molecule has 0 bridgehead atoms. The van der Waals surface area contributed by atoms with Crippen LogP contribution in [0.4, 0.5) is 0 Å². The van der Waals surface area contributed by atoms with Gasteiger partial charge in [-0.25, -0.2) is 9.78 Å². The number of aromatic nitrogens is 3. The molecule has 1 atom stereocenters. The Morgan fingerprint density at radius 2 is 1.81 bits per heavy atom. The predicted molar refractivity (Wildman–Crippen MR) is 169 cm³/mol. The number of carbonyl (C=O) groups excluding carboxylic acids is 1. The molecule has 0 fully saturated rings. The van der Waals surface area contributed by atoms with Crippen LogP contribution in [0.15, 0.2) is 97.6 Å². The van der Waals surface area contributed by atoms with E-state index in [9.17, 15) is 9.59 Å². The number of halogens is 1. The third-order valence-electron chi connectivity index (χ3n) is 7.18. The number of esters is 1. The molecular weight excluding hydrogens is 612 g/mol. The van der Waals surface area contributed by atoms with Crippen molar-refractivity contribution in [3.8, 4) is 23.0 Å². The van der Waals surface area contributed by atoms with E-state index in [0.29, 0.717) is 33.8 Å². The Hall–Kier alpha value is -4.96. The van der Waals surface area contributed by atoms with Gasteiger partial charge in [0.05, 0.1) is 24.2 Å². The molecule has 0 aliphatic carbocycles. The second-order valence-electron chi connectivity index (χ2n) is 10.0. The van der Waals surface area contributed by atoms with Crippen molar-refractivity contribution in [1.82, 2.24) is 14.2 Å².